The Labute approximate surface area is 840 Å². The molecule has 0 radical (unpaired) electrons. The van der Waals surface area contributed by atoms with Gasteiger partial charge in [-0.3, -0.25) is 4.98 Å². The summed E-state index contributed by atoms with van der Waals surface area (Å²) in [7, 11) is 0. The lowest BCUT2D eigenvalue weighted by molar-refractivity contribution is 1.18. The molecular weight excluding hydrogens is 1770 g/mol. The molecule has 10 nitrogen and oxygen atoms in total. The first-order chi connectivity index (χ1) is 72.4. The number of pyridine rings is 4. The van der Waals surface area contributed by atoms with E-state index in [1.807, 2.05) is 121 Å². The van der Waals surface area contributed by atoms with Crippen molar-refractivity contribution in [1.29, 1.82) is 0 Å². The van der Waals surface area contributed by atoms with Crippen molar-refractivity contribution in [1.82, 2.24) is 49.8 Å². The maximum Gasteiger partial charge on any atom is 0.160 e. The number of fused-ring (bicyclic) bond motifs is 28. The van der Waals surface area contributed by atoms with Crippen molar-refractivity contribution in [3.05, 3.63) is 510 Å². The molecule has 0 N–H and O–H groups in total. The highest BCUT2D eigenvalue weighted by Gasteiger charge is 2.25. The minimum atomic E-state index is 0.680. The molecule has 10 heteroatoms. The zero-order chi connectivity index (χ0) is 96.5. The van der Waals surface area contributed by atoms with Gasteiger partial charge in [0.15, 0.2) is 17.5 Å². The Bertz CT molecular complexity index is 10000. The van der Waals surface area contributed by atoms with E-state index in [4.69, 9.17) is 49.8 Å². The van der Waals surface area contributed by atoms with E-state index >= 15 is 0 Å². The molecule has 29 aromatic rings. The molecule has 0 aliphatic heterocycles. The molecule has 29 rings (SSSR count). The fourth-order valence-electron chi connectivity index (χ4n) is 21.5. The standard InChI is InChI=1S/2C47H29N3.C42H26N4/c1-3-15-31(16-4-1)41-29-42(32-17-5-2-6-18-32)49-47(48-41)34-20-13-19-33(28-34)45-40-25-12-11-24-38(40)44-37-23-10-9-22-36(37)39-27-26-30-14-7-8-21-35(30)43(39)46(44)50-45;1-3-14-31(15-4-1)41-29-42(32-16-5-2-6-17-32)49-47(48-41)34-25-23-33(24-26-34)45-40-22-12-11-21-38(40)44-37-20-10-9-19-36(37)39-28-27-30-13-7-8-18-35(30)43(39)46(44)50-45;1-3-12-27(13-4-1)36-26-37(28-14-5-2-6-15-28)45-42(44-36)30-23-21-29(22-24-30)39-32-17-8-7-16-31(32)38-35-20-11-25-43-40(35)33-18-9-10-19-34(33)41(38)46-39/h2*1-29H;1-26H. The maximum atomic E-state index is 5.63. The van der Waals surface area contributed by atoms with Gasteiger partial charge in [0.1, 0.15) is 0 Å². The van der Waals surface area contributed by atoms with Gasteiger partial charge in [-0.25, -0.2) is 44.9 Å². The second-order valence-corrected chi connectivity index (χ2v) is 37.0. The van der Waals surface area contributed by atoms with Crippen LogP contribution >= 0.6 is 0 Å². The third-order valence-electron chi connectivity index (χ3n) is 28.4. The van der Waals surface area contributed by atoms with Crippen LogP contribution in [-0.2, 0) is 0 Å². The van der Waals surface area contributed by atoms with Crippen LogP contribution in [0.4, 0.5) is 0 Å². The first-order valence-electron chi connectivity index (χ1n) is 49.3. The smallest absolute Gasteiger partial charge is 0.160 e. The lowest BCUT2D eigenvalue weighted by Crippen LogP contribution is -1.97. The molecule has 0 aliphatic rings. The van der Waals surface area contributed by atoms with Gasteiger partial charge in [-0.1, -0.05) is 473 Å². The van der Waals surface area contributed by atoms with Crippen LogP contribution in [0.1, 0.15) is 0 Å². The SMILES string of the molecule is c1ccc(-c2cc(-c3ccccc3)nc(-c3ccc(-c4nc5c6c7ccccc7ccc6c6ccccc6c5c5ccccc45)cc3)n2)cc1.c1ccc(-c2cc(-c3ccccc3)nc(-c3ccc(-c4nc5c6ccccc6c6ncccc6c5c5ccccc45)cc3)n2)cc1.c1ccc(-c2cc(-c3ccccc3)nc(-c3cccc(-c4nc5c6c7ccccc7ccc6c6ccccc6c5c5ccccc45)c3)n2)cc1. The summed E-state index contributed by atoms with van der Waals surface area (Å²) in [5, 5.41) is 28.4. The summed E-state index contributed by atoms with van der Waals surface area (Å²) in [6, 6.07) is 176. The fourth-order valence-corrected chi connectivity index (χ4v) is 21.5. The molecule has 0 unspecified atom stereocenters. The molecule has 146 heavy (non-hydrogen) atoms. The number of benzene rings is 22. The van der Waals surface area contributed by atoms with Gasteiger partial charge in [-0.2, -0.15) is 0 Å². The molecule has 0 saturated carbocycles. The Balaban J connectivity index is 0.000000109. The van der Waals surface area contributed by atoms with Crippen molar-refractivity contribution in [2.24, 2.45) is 0 Å². The number of hydrogen-bond acceptors (Lipinski definition) is 10. The van der Waals surface area contributed by atoms with Crippen LogP contribution in [0.25, 0.3) is 287 Å². The summed E-state index contributed by atoms with van der Waals surface area (Å²) in [6.45, 7) is 0. The molecular formula is C136H84N10. The Morgan fingerprint density at radius 3 is 0.719 bits per heavy atom. The normalized spacial score (nSPS) is 11.6. The molecule has 0 amide bonds. The van der Waals surface area contributed by atoms with E-state index in [2.05, 4.69) is 388 Å². The van der Waals surface area contributed by atoms with Crippen molar-refractivity contribution >= 4 is 151 Å². The summed E-state index contributed by atoms with van der Waals surface area (Å²) < 4.78 is 0. The second-order valence-electron chi connectivity index (χ2n) is 37.0. The van der Waals surface area contributed by atoms with Crippen LogP contribution < -0.4 is 0 Å². The van der Waals surface area contributed by atoms with Gasteiger partial charge in [-0.15, -0.1) is 0 Å². The third-order valence-corrected chi connectivity index (χ3v) is 28.4. The largest absolute Gasteiger partial charge is 0.256 e. The Hall–Kier alpha value is -19.7. The Kier molecular flexibility index (Phi) is 21.4. The van der Waals surface area contributed by atoms with Gasteiger partial charge in [-0.05, 0) is 100 Å². The van der Waals surface area contributed by atoms with Crippen LogP contribution in [0, 0.1) is 0 Å². The van der Waals surface area contributed by atoms with Crippen molar-refractivity contribution in [3.8, 4) is 135 Å². The topological polar surface area (TPSA) is 129 Å². The zero-order valence-electron chi connectivity index (χ0n) is 79.0. The molecule has 678 valence electrons. The van der Waals surface area contributed by atoms with Gasteiger partial charge in [0.2, 0.25) is 0 Å². The van der Waals surface area contributed by atoms with Gasteiger partial charge in [0.05, 0.1) is 73.3 Å². The van der Waals surface area contributed by atoms with Crippen LogP contribution in [0.15, 0.2) is 510 Å². The van der Waals surface area contributed by atoms with E-state index in [1.165, 1.54) is 91.6 Å². The lowest BCUT2D eigenvalue weighted by atomic mass is 9.90. The molecule has 7 aromatic heterocycles. The highest BCUT2D eigenvalue weighted by molar-refractivity contribution is 6.38. The van der Waals surface area contributed by atoms with Crippen LogP contribution in [0.2, 0.25) is 0 Å². The van der Waals surface area contributed by atoms with Crippen LogP contribution in [-0.4, -0.2) is 49.8 Å². The number of aromatic nitrogens is 10. The summed E-state index contributed by atoms with van der Waals surface area (Å²) in [4.78, 5) is 51.8. The van der Waals surface area contributed by atoms with Gasteiger partial charge >= 0.3 is 0 Å². The monoisotopic (exact) mass is 1860 g/mol. The zero-order valence-corrected chi connectivity index (χ0v) is 79.0. The number of nitrogens with zero attached hydrogens (tertiary/aromatic N) is 10. The maximum absolute atomic E-state index is 5.63. The second kappa shape index (κ2) is 36.5. The summed E-state index contributed by atoms with van der Waals surface area (Å²) in [6.07, 6.45) is 1.87. The number of hydrogen-bond donors (Lipinski definition) is 0. The average molecular weight is 1860 g/mol. The molecule has 0 saturated heterocycles. The highest BCUT2D eigenvalue weighted by Crippen LogP contribution is 2.49. The van der Waals surface area contributed by atoms with Crippen LogP contribution in [0.5, 0.6) is 0 Å². The molecule has 22 aromatic carbocycles. The predicted molar refractivity (Wildman–Crippen MR) is 608 cm³/mol. The first-order valence-corrected chi connectivity index (χ1v) is 49.3. The number of rotatable bonds is 12. The van der Waals surface area contributed by atoms with E-state index in [0.29, 0.717) is 17.5 Å². The quantitative estimate of drug-likeness (QED) is 0.109. The van der Waals surface area contributed by atoms with Gasteiger partial charge in [0.25, 0.3) is 0 Å². The molecule has 7 heterocycles. The van der Waals surface area contributed by atoms with Gasteiger partial charge in [0, 0.05) is 132 Å². The van der Waals surface area contributed by atoms with E-state index in [1.54, 1.807) is 0 Å². The summed E-state index contributed by atoms with van der Waals surface area (Å²) >= 11 is 0. The van der Waals surface area contributed by atoms with E-state index in [-0.39, 0.29) is 0 Å². The van der Waals surface area contributed by atoms with Gasteiger partial charge < -0.3 is 0 Å². The molecule has 0 atom stereocenters. The van der Waals surface area contributed by atoms with Crippen molar-refractivity contribution in [2.45, 2.75) is 0 Å². The average Bonchev–Trinajstić information content (AvgIpc) is 0.719. The fraction of sp³-hybridized carbons (Fsp3) is 0. The third kappa shape index (κ3) is 15.3. The lowest BCUT2D eigenvalue weighted by Gasteiger charge is -2.17. The minimum absolute atomic E-state index is 0.680. The van der Waals surface area contributed by atoms with E-state index < -0.39 is 0 Å². The molecule has 0 aliphatic carbocycles. The summed E-state index contributed by atoms with van der Waals surface area (Å²) in [5.41, 5.74) is 24.6. The van der Waals surface area contributed by atoms with Crippen molar-refractivity contribution in [2.75, 3.05) is 0 Å². The minimum Gasteiger partial charge on any atom is -0.256 e. The first kappa shape index (κ1) is 85.5. The van der Waals surface area contributed by atoms with Crippen molar-refractivity contribution in [3.63, 3.8) is 0 Å². The highest BCUT2D eigenvalue weighted by atomic mass is 14.9. The summed E-state index contributed by atoms with van der Waals surface area (Å²) in [5.74, 6) is 2.06. The molecule has 0 fully saturated rings. The van der Waals surface area contributed by atoms with Crippen molar-refractivity contribution < 1.29 is 0 Å². The Morgan fingerprint density at radius 1 is 0.116 bits per heavy atom. The predicted octanol–water partition coefficient (Wildman–Crippen LogP) is 35.2. The molecule has 0 spiro atoms. The van der Waals surface area contributed by atoms with E-state index in [9.17, 15) is 0 Å². The molecule has 0 bridgehead atoms. The Morgan fingerprint density at radius 2 is 0.356 bits per heavy atom. The van der Waals surface area contributed by atoms with Crippen LogP contribution in [0.3, 0.4) is 0 Å². The van der Waals surface area contributed by atoms with E-state index in [0.717, 1.165) is 178 Å².